The second-order valence-corrected chi connectivity index (χ2v) is 13.1. The van der Waals surface area contributed by atoms with Gasteiger partial charge in [-0.15, -0.1) is 0 Å². The van der Waals surface area contributed by atoms with E-state index in [-0.39, 0.29) is 6.61 Å². The minimum absolute atomic E-state index is 0.178. The number of esters is 1. The molecule has 2 N–H and O–H groups in total. The maximum absolute atomic E-state index is 13.9. The molecule has 3 rings (SSSR count). The average Bonchev–Trinajstić information content (AvgIpc) is 3.13. The molecule has 32 heavy (non-hydrogen) atoms. The number of carbonyl (C=O) groups excluding carboxylic acids is 1. The molecule has 0 fully saturated rings. The molecule has 0 radical (unpaired) electrons. The van der Waals surface area contributed by atoms with Crippen LogP contribution in [-0.2, 0) is 20.4 Å². The third-order valence-electron chi connectivity index (χ3n) is 5.04. The standard InChI is InChI=1S/C25H32NO5P/c1-24(2,3)31-32(29,25(4,5)6)23(28)18-12-13-20-19(14-18)15-21(26-20)22(27)30-16-17-10-8-7-9-11-17/h7-15,23,26,28H,16H2,1-6H3. The maximum atomic E-state index is 13.9. The summed E-state index contributed by atoms with van der Waals surface area (Å²) in [5.41, 5.74) is 1.72. The smallest absolute Gasteiger partial charge is 0.355 e. The summed E-state index contributed by atoms with van der Waals surface area (Å²) in [5, 5.41) is 11.1. The highest BCUT2D eigenvalue weighted by molar-refractivity contribution is 7.60. The number of aliphatic hydroxyl groups excluding tert-OH is 1. The van der Waals surface area contributed by atoms with Crippen molar-refractivity contribution in [2.24, 2.45) is 0 Å². The second kappa shape index (κ2) is 8.86. The van der Waals surface area contributed by atoms with Crippen LogP contribution in [0.4, 0.5) is 0 Å². The summed E-state index contributed by atoms with van der Waals surface area (Å²) in [6.45, 7) is 11.1. The highest BCUT2D eigenvalue weighted by Crippen LogP contribution is 2.69. The molecule has 1 aromatic heterocycles. The van der Waals surface area contributed by atoms with Crippen molar-refractivity contribution in [2.75, 3.05) is 0 Å². The van der Waals surface area contributed by atoms with E-state index in [4.69, 9.17) is 9.26 Å². The SMILES string of the molecule is CC(C)(C)OP(=O)(C(O)c1ccc2[nH]c(C(=O)OCc3ccccc3)cc2c1)C(C)(C)C. The Kier molecular flexibility index (Phi) is 6.71. The molecule has 1 heterocycles. The molecule has 3 aromatic rings. The van der Waals surface area contributed by atoms with Gasteiger partial charge in [0, 0.05) is 16.1 Å². The summed E-state index contributed by atoms with van der Waals surface area (Å²) < 4.78 is 25.2. The van der Waals surface area contributed by atoms with Crippen LogP contribution in [0.1, 0.15) is 69.0 Å². The summed E-state index contributed by atoms with van der Waals surface area (Å²) in [6, 6.07) is 16.3. The van der Waals surface area contributed by atoms with E-state index in [1.807, 2.05) is 51.1 Å². The van der Waals surface area contributed by atoms with Crippen LogP contribution in [0.3, 0.4) is 0 Å². The summed E-state index contributed by atoms with van der Waals surface area (Å²) in [6.07, 6.45) is 0. The van der Waals surface area contributed by atoms with Gasteiger partial charge in [-0.2, -0.15) is 0 Å². The number of rotatable bonds is 6. The first-order valence-corrected chi connectivity index (χ1v) is 12.3. The minimum atomic E-state index is -3.52. The molecule has 2 unspecified atom stereocenters. The zero-order valence-electron chi connectivity index (χ0n) is 19.5. The van der Waals surface area contributed by atoms with Gasteiger partial charge in [0.1, 0.15) is 12.3 Å². The van der Waals surface area contributed by atoms with Crippen LogP contribution in [0.2, 0.25) is 0 Å². The highest BCUT2D eigenvalue weighted by atomic mass is 31.2. The Morgan fingerprint density at radius 3 is 2.28 bits per heavy atom. The van der Waals surface area contributed by atoms with Crippen molar-refractivity contribution in [1.29, 1.82) is 0 Å². The van der Waals surface area contributed by atoms with Crippen molar-refractivity contribution in [1.82, 2.24) is 4.98 Å². The summed E-state index contributed by atoms with van der Waals surface area (Å²) in [7, 11) is -3.52. The van der Waals surface area contributed by atoms with E-state index in [9.17, 15) is 14.5 Å². The van der Waals surface area contributed by atoms with E-state index in [0.29, 0.717) is 16.6 Å². The molecule has 0 aliphatic heterocycles. The first-order valence-electron chi connectivity index (χ1n) is 10.6. The second-order valence-electron chi connectivity index (χ2n) is 9.94. The van der Waals surface area contributed by atoms with Crippen LogP contribution in [-0.4, -0.2) is 26.8 Å². The van der Waals surface area contributed by atoms with Crippen LogP contribution in [0.15, 0.2) is 54.6 Å². The van der Waals surface area contributed by atoms with Crippen LogP contribution < -0.4 is 0 Å². The molecule has 172 valence electrons. The molecule has 0 aliphatic carbocycles. The van der Waals surface area contributed by atoms with Gasteiger partial charge in [-0.1, -0.05) is 57.2 Å². The lowest BCUT2D eigenvalue weighted by Gasteiger charge is -2.38. The van der Waals surface area contributed by atoms with Gasteiger partial charge in [0.2, 0.25) is 7.37 Å². The predicted octanol–water partition coefficient (Wildman–Crippen LogP) is 6.41. The van der Waals surface area contributed by atoms with Gasteiger partial charge in [0.05, 0.1) is 5.60 Å². The lowest BCUT2D eigenvalue weighted by atomic mass is 10.1. The van der Waals surface area contributed by atoms with Gasteiger partial charge >= 0.3 is 5.97 Å². The Morgan fingerprint density at radius 2 is 1.69 bits per heavy atom. The third-order valence-corrected chi connectivity index (χ3v) is 8.67. The predicted molar refractivity (Wildman–Crippen MR) is 127 cm³/mol. The van der Waals surface area contributed by atoms with Crippen molar-refractivity contribution in [3.63, 3.8) is 0 Å². The van der Waals surface area contributed by atoms with E-state index in [0.717, 1.165) is 11.1 Å². The molecule has 0 amide bonds. The number of aromatic nitrogens is 1. The number of benzene rings is 2. The molecule has 2 atom stereocenters. The number of hydrogen-bond acceptors (Lipinski definition) is 5. The molecular weight excluding hydrogens is 425 g/mol. The first-order chi connectivity index (χ1) is 14.8. The van der Waals surface area contributed by atoms with Gasteiger partial charge in [0.15, 0.2) is 5.85 Å². The van der Waals surface area contributed by atoms with E-state index in [2.05, 4.69) is 4.98 Å². The molecule has 7 heteroatoms. The fraction of sp³-hybridized carbons (Fsp3) is 0.400. The van der Waals surface area contributed by atoms with Gasteiger partial charge in [0.25, 0.3) is 0 Å². The van der Waals surface area contributed by atoms with E-state index in [1.54, 1.807) is 45.0 Å². The average molecular weight is 458 g/mol. The lowest BCUT2D eigenvalue weighted by molar-refractivity contribution is 0.0467. The molecule has 0 saturated heterocycles. The number of aromatic amines is 1. The monoisotopic (exact) mass is 457 g/mol. The zero-order valence-corrected chi connectivity index (χ0v) is 20.4. The minimum Gasteiger partial charge on any atom is -0.456 e. The van der Waals surface area contributed by atoms with Crippen LogP contribution in [0.25, 0.3) is 10.9 Å². The zero-order chi connectivity index (χ0) is 23.7. The molecular formula is C25H32NO5P. The molecule has 0 spiro atoms. The first kappa shape index (κ1) is 24.2. The van der Waals surface area contributed by atoms with Crippen LogP contribution in [0, 0.1) is 0 Å². The van der Waals surface area contributed by atoms with E-state index in [1.165, 1.54) is 0 Å². The summed E-state index contributed by atoms with van der Waals surface area (Å²) in [4.78, 5) is 15.5. The van der Waals surface area contributed by atoms with Gasteiger partial charge in [-0.05, 0) is 50.1 Å². The van der Waals surface area contributed by atoms with Crippen LogP contribution >= 0.6 is 7.37 Å². The fourth-order valence-electron chi connectivity index (χ4n) is 3.38. The van der Waals surface area contributed by atoms with Gasteiger partial charge in [-0.25, -0.2) is 4.79 Å². The van der Waals surface area contributed by atoms with Crippen molar-refractivity contribution in [3.05, 3.63) is 71.4 Å². The Hall–Kier alpha value is -2.40. The molecule has 0 aliphatic rings. The number of H-pyrrole nitrogens is 1. The largest absolute Gasteiger partial charge is 0.456 e. The topological polar surface area (TPSA) is 88.6 Å². The number of carbonyl (C=O) groups is 1. The Labute approximate surface area is 189 Å². The van der Waals surface area contributed by atoms with E-state index >= 15 is 0 Å². The van der Waals surface area contributed by atoms with Gasteiger partial charge < -0.3 is 19.4 Å². The van der Waals surface area contributed by atoms with Crippen LogP contribution in [0.5, 0.6) is 0 Å². The van der Waals surface area contributed by atoms with Gasteiger partial charge in [-0.3, -0.25) is 4.57 Å². The number of fused-ring (bicyclic) bond motifs is 1. The van der Waals surface area contributed by atoms with E-state index < -0.39 is 29.9 Å². The molecule has 6 nitrogen and oxygen atoms in total. The van der Waals surface area contributed by atoms with Crippen molar-refractivity contribution >= 4 is 24.2 Å². The molecule has 2 aromatic carbocycles. The number of nitrogens with one attached hydrogen (secondary N) is 1. The highest BCUT2D eigenvalue weighted by Gasteiger charge is 2.47. The molecule has 0 saturated carbocycles. The molecule has 0 bridgehead atoms. The normalized spacial score (nSPS) is 15.3. The summed E-state index contributed by atoms with van der Waals surface area (Å²) in [5.74, 6) is -1.77. The Bertz CT molecular complexity index is 1140. The Balaban J connectivity index is 1.86. The van der Waals surface area contributed by atoms with Crippen molar-refractivity contribution < 1.29 is 23.7 Å². The number of ether oxygens (including phenoxy) is 1. The van der Waals surface area contributed by atoms with Crippen molar-refractivity contribution in [3.8, 4) is 0 Å². The number of hydrogen-bond donors (Lipinski definition) is 2. The maximum Gasteiger partial charge on any atom is 0.355 e. The third kappa shape index (κ3) is 5.32. The lowest BCUT2D eigenvalue weighted by Crippen LogP contribution is -2.28. The fourth-order valence-corrected chi connectivity index (χ4v) is 5.85. The Morgan fingerprint density at radius 1 is 1.03 bits per heavy atom. The number of aliphatic hydroxyl groups is 1. The van der Waals surface area contributed by atoms with Crippen molar-refractivity contribution in [2.45, 2.75) is 64.8 Å². The summed E-state index contributed by atoms with van der Waals surface area (Å²) >= 11 is 0. The quantitative estimate of drug-likeness (QED) is 0.330.